The Kier molecular flexibility index (Phi) is 6.59. The minimum Gasteiger partial charge on any atom is -0.357 e. The first-order valence-corrected chi connectivity index (χ1v) is 14.8. The van der Waals surface area contributed by atoms with Gasteiger partial charge in [0.05, 0.1) is 17.1 Å². The first-order chi connectivity index (χ1) is 19.3. The van der Waals surface area contributed by atoms with Crippen LogP contribution in [0.5, 0.6) is 5.75 Å². The molecule has 1 saturated carbocycles. The number of unbranched alkanes of at least 4 members (excludes halogenated alkanes) is 1. The molecule has 0 aliphatic heterocycles. The van der Waals surface area contributed by atoms with Gasteiger partial charge in [0.25, 0.3) is 0 Å². The van der Waals surface area contributed by atoms with Gasteiger partial charge in [0, 0.05) is 39.7 Å². The van der Waals surface area contributed by atoms with Crippen molar-refractivity contribution in [2.75, 3.05) is 0 Å². The van der Waals surface area contributed by atoms with Crippen molar-refractivity contribution in [3.05, 3.63) is 70.1 Å². The van der Waals surface area contributed by atoms with Gasteiger partial charge in [-0.25, -0.2) is 0 Å². The monoisotopic (exact) mass is 557 g/mol. The van der Waals surface area contributed by atoms with Crippen LogP contribution in [0.15, 0.2) is 53.6 Å². The van der Waals surface area contributed by atoms with E-state index in [1.165, 1.54) is 6.07 Å². The lowest BCUT2D eigenvalue weighted by Gasteiger charge is -2.21. The number of halogens is 1. The lowest BCUT2D eigenvalue weighted by Crippen LogP contribution is -2.15. The zero-order chi connectivity index (χ0) is 28.0. The van der Waals surface area contributed by atoms with E-state index in [2.05, 4.69) is 31.6 Å². The van der Waals surface area contributed by atoms with Gasteiger partial charge in [0.2, 0.25) is 0 Å². The third kappa shape index (κ3) is 4.62. The quantitative estimate of drug-likeness (QED) is 0.177. The first kappa shape index (κ1) is 26.1. The highest BCUT2D eigenvalue weighted by Gasteiger charge is 2.25. The van der Waals surface area contributed by atoms with Crippen molar-refractivity contribution in [1.29, 1.82) is 0 Å². The standard InChI is InChI=1S/C31H28FN3O4S/c1-3-5-8-20-15-26-28(16-25(20)21-14-23(18-33-17-21)39-40(32,37)38)35(22-9-6-7-10-22)31-29(30(26)36)24-12-11-19(4-2)13-27(24)34-31/h2,11-18,22,34H,3,5-10H2,1H3. The predicted molar refractivity (Wildman–Crippen MR) is 156 cm³/mol. The van der Waals surface area contributed by atoms with E-state index in [4.69, 9.17) is 6.42 Å². The van der Waals surface area contributed by atoms with Gasteiger partial charge in [-0.1, -0.05) is 42.1 Å². The molecule has 3 heterocycles. The molecular weight excluding hydrogens is 529 g/mol. The van der Waals surface area contributed by atoms with Crippen LogP contribution in [-0.2, 0) is 16.9 Å². The number of benzene rings is 2. The maximum Gasteiger partial charge on any atom is 0.488 e. The topological polar surface area (TPSA) is 94.1 Å². The fourth-order valence-electron chi connectivity index (χ4n) is 6.06. The lowest BCUT2D eigenvalue weighted by atomic mass is 9.94. The second kappa shape index (κ2) is 10.1. The molecular formula is C31H28FN3O4S. The predicted octanol–water partition coefficient (Wildman–Crippen LogP) is 6.73. The number of nitrogens with one attached hydrogen (secondary N) is 1. The summed E-state index contributed by atoms with van der Waals surface area (Å²) in [6, 6.07) is 11.3. The Hall–Kier alpha value is -4.16. The number of pyridine rings is 2. The van der Waals surface area contributed by atoms with Gasteiger partial charge < -0.3 is 13.7 Å². The third-order valence-corrected chi connectivity index (χ3v) is 8.24. The molecule has 0 saturated heterocycles. The second-order valence-corrected chi connectivity index (χ2v) is 11.4. The zero-order valence-corrected chi connectivity index (χ0v) is 22.9. The smallest absolute Gasteiger partial charge is 0.357 e. The van der Waals surface area contributed by atoms with Crippen LogP contribution in [0.4, 0.5) is 3.89 Å². The molecule has 40 heavy (non-hydrogen) atoms. The Bertz CT molecular complexity index is 2000. The molecule has 204 valence electrons. The number of aromatic nitrogens is 3. The number of hydrogen-bond donors (Lipinski definition) is 1. The minimum atomic E-state index is -5.20. The van der Waals surface area contributed by atoms with Crippen LogP contribution in [0.25, 0.3) is 44.0 Å². The highest BCUT2D eigenvalue weighted by molar-refractivity contribution is 7.81. The molecule has 5 aromatic rings. The van der Waals surface area contributed by atoms with Crippen LogP contribution < -0.4 is 9.61 Å². The number of H-pyrrole nitrogens is 1. The molecule has 9 heteroatoms. The maximum atomic E-state index is 14.2. The van der Waals surface area contributed by atoms with Gasteiger partial charge in [-0.2, -0.15) is 8.42 Å². The van der Waals surface area contributed by atoms with Crippen molar-refractivity contribution < 1.29 is 16.5 Å². The number of rotatable bonds is 7. The Balaban J connectivity index is 1.69. The van der Waals surface area contributed by atoms with E-state index in [0.717, 1.165) is 83.5 Å². The van der Waals surface area contributed by atoms with E-state index in [-0.39, 0.29) is 17.2 Å². The van der Waals surface area contributed by atoms with Crippen LogP contribution in [0, 0.1) is 12.3 Å². The van der Waals surface area contributed by atoms with Crippen LogP contribution in [0.2, 0.25) is 0 Å². The van der Waals surface area contributed by atoms with Crippen molar-refractivity contribution in [3.63, 3.8) is 0 Å². The van der Waals surface area contributed by atoms with Crippen molar-refractivity contribution in [2.45, 2.75) is 57.9 Å². The number of hydrogen-bond acceptors (Lipinski definition) is 5. The van der Waals surface area contributed by atoms with E-state index in [9.17, 15) is 17.1 Å². The van der Waals surface area contributed by atoms with Gasteiger partial charge in [0.15, 0.2) is 11.2 Å². The number of fused-ring (bicyclic) bond motifs is 4. The van der Waals surface area contributed by atoms with Crippen LogP contribution in [0.3, 0.4) is 0 Å². The van der Waals surface area contributed by atoms with Crippen molar-refractivity contribution >= 4 is 43.3 Å². The average Bonchev–Trinajstić information content (AvgIpc) is 3.59. The van der Waals surface area contributed by atoms with Crippen molar-refractivity contribution in [3.8, 4) is 29.2 Å². The fraction of sp³-hybridized carbons (Fsp3) is 0.290. The second-order valence-electron chi connectivity index (χ2n) is 10.4. The molecule has 0 atom stereocenters. The summed E-state index contributed by atoms with van der Waals surface area (Å²) in [4.78, 5) is 21.8. The SMILES string of the molecule is C#Cc1ccc2c(c1)[nH]c1c2c(=O)c2cc(CCCC)c(-c3cncc(OS(=O)(=O)F)c3)cc2n1C1CCCC1. The van der Waals surface area contributed by atoms with Gasteiger partial charge >= 0.3 is 10.5 Å². The largest absolute Gasteiger partial charge is 0.488 e. The summed E-state index contributed by atoms with van der Waals surface area (Å²) in [5.41, 5.74) is 5.35. The minimum absolute atomic E-state index is 0.0537. The molecule has 1 aliphatic rings. The summed E-state index contributed by atoms with van der Waals surface area (Å²) in [5, 5.41) is 2.12. The van der Waals surface area contributed by atoms with Crippen LogP contribution in [0.1, 0.15) is 62.6 Å². The molecule has 2 aromatic carbocycles. The molecule has 0 unspecified atom stereocenters. The van der Waals surface area contributed by atoms with Crippen molar-refractivity contribution in [2.24, 2.45) is 0 Å². The number of terminal acetylenes is 1. The summed E-state index contributed by atoms with van der Waals surface area (Å²) in [6.45, 7) is 2.09. The molecule has 1 N–H and O–H groups in total. The van der Waals surface area contributed by atoms with E-state index < -0.39 is 10.5 Å². The Morgan fingerprint density at radius 1 is 1.15 bits per heavy atom. The molecule has 3 aromatic heterocycles. The Morgan fingerprint density at radius 3 is 2.67 bits per heavy atom. The van der Waals surface area contributed by atoms with Gasteiger partial charge in [-0.15, -0.1) is 6.42 Å². The van der Waals surface area contributed by atoms with E-state index in [0.29, 0.717) is 22.8 Å². The Labute approximate surface area is 231 Å². The zero-order valence-electron chi connectivity index (χ0n) is 22.0. The normalized spacial score (nSPS) is 14.3. The summed E-state index contributed by atoms with van der Waals surface area (Å²) in [5.74, 6) is 2.45. The molecule has 6 rings (SSSR count). The van der Waals surface area contributed by atoms with Gasteiger partial charge in [-0.3, -0.25) is 9.78 Å². The summed E-state index contributed by atoms with van der Waals surface area (Å²) < 4.78 is 42.3. The fourth-order valence-corrected chi connectivity index (χ4v) is 6.39. The molecule has 0 spiro atoms. The van der Waals surface area contributed by atoms with Crippen molar-refractivity contribution in [1.82, 2.24) is 14.5 Å². The molecule has 1 aliphatic carbocycles. The highest BCUT2D eigenvalue weighted by atomic mass is 32.3. The number of aromatic amines is 1. The molecule has 0 amide bonds. The summed E-state index contributed by atoms with van der Waals surface area (Å²) >= 11 is 0. The van der Waals surface area contributed by atoms with E-state index in [1.807, 2.05) is 30.3 Å². The van der Waals surface area contributed by atoms with E-state index in [1.54, 1.807) is 6.20 Å². The molecule has 0 radical (unpaired) electrons. The highest BCUT2D eigenvalue weighted by Crippen LogP contribution is 2.39. The average molecular weight is 558 g/mol. The first-order valence-electron chi connectivity index (χ1n) is 13.5. The summed E-state index contributed by atoms with van der Waals surface area (Å²) in [6.07, 6.45) is 15.1. The summed E-state index contributed by atoms with van der Waals surface area (Å²) in [7, 11) is -5.20. The molecule has 1 fully saturated rings. The van der Waals surface area contributed by atoms with Gasteiger partial charge in [-0.05, 0) is 67.1 Å². The lowest BCUT2D eigenvalue weighted by molar-refractivity contribution is 0.439. The third-order valence-electron chi connectivity index (χ3n) is 7.85. The van der Waals surface area contributed by atoms with Gasteiger partial charge in [0.1, 0.15) is 5.65 Å². The van der Waals surface area contributed by atoms with E-state index >= 15 is 0 Å². The number of nitrogens with zero attached hydrogens (tertiary/aromatic N) is 2. The van der Waals surface area contributed by atoms with Crippen LogP contribution >= 0.6 is 0 Å². The molecule has 7 nitrogen and oxygen atoms in total. The van der Waals surface area contributed by atoms with Crippen LogP contribution in [-0.4, -0.2) is 23.0 Å². The molecule has 0 bridgehead atoms. The Morgan fingerprint density at radius 2 is 1.95 bits per heavy atom. The number of aryl methyl sites for hydroxylation is 1. The maximum absolute atomic E-state index is 14.2.